The van der Waals surface area contributed by atoms with Gasteiger partial charge >= 0.3 is 11.8 Å². The Balaban J connectivity index is 0.000000765. The lowest BCUT2D eigenvalue weighted by atomic mass is 9.92. The number of nitrogens with one attached hydrogen (secondary N) is 8. The maximum Gasteiger partial charge on any atom is 0.417 e. The molecule has 8 N–H and O–H groups in total. The Morgan fingerprint density at radius 3 is 1.20 bits per heavy atom. The van der Waals surface area contributed by atoms with E-state index in [0.717, 1.165) is 96.9 Å². The molecule has 17 nitrogen and oxygen atoms in total. The van der Waals surface area contributed by atoms with Crippen LogP contribution in [0.4, 0.5) is 44.6 Å². The maximum absolute atomic E-state index is 10.8. The number of allylic oxidation sites excluding steroid dienone is 1. The highest BCUT2D eigenvalue weighted by Crippen LogP contribution is 2.33. The minimum atomic E-state index is -0.402. The number of carbonyl (C=O) groups is 2. The summed E-state index contributed by atoms with van der Waals surface area (Å²) in [4.78, 5) is 36.0. The van der Waals surface area contributed by atoms with Gasteiger partial charge in [0.25, 0.3) is 5.91 Å². The van der Waals surface area contributed by atoms with Crippen molar-refractivity contribution in [1.29, 1.82) is 0 Å². The Hall–Kier alpha value is -13.3. The van der Waals surface area contributed by atoms with Gasteiger partial charge in [0.2, 0.25) is 0 Å². The number of anilines is 7. The Morgan fingerprint density at radius 2 is 0.664 bits per heavy atom. The number of carbonyl (C=O) groups excluding carboxylic acids is 2. The summed E-state index contributed by atoms with van der Waals surface area (Å²) in [5.74, 6) is 4.12. The van der Waals surface area contributed by atoms with Crippen LogP contribution >= 0.6 is 11.8 Å². The molecule has 0 saturated carbocycles. The molecule has 0 bridgehead atoms. The van der Waals surface area contributed by atoms with Crippen molar-refractivity contribution < 1.29 is 37.7 Å². The van der Waals surface area contributed by atoms with Crippen LogP contribution in [0.15, 0.2) is 317 Å². The topological polar surface area (TPSA) is 210 Å². The van der Waals surface area contributed by atoms with E-state index >= 15 is 0 Å². The summed E-state index contributed by atoms with van der Waals surface area (Å²) in [6.07, 6.45) is 22.4. The van der Waals surface area contributed by atoms with E-state index in [2.05, 4.69) is 230 Å². The van der Waals surface area contributed by atoms with Crippen molar-refractivity contribution in [3.63, 3.8) is 0 Å². The zero-order chi connectivity index (χ0) is 106. The number of rotatable bonds is 0. The van der Waals surface area contributed by atoms with Crippen molar-refractivity contribution >= 4 is 86.8 Å². The molecule has 0 radical (unpaired) electrons. The summed E-state index contributed by atoms with van der Waals surface area (Å²) in [6.45, 7) is 55.8. The first-order valence-electron chi connectivity index (χ1n) is 53.2. The van der Waals surface area contributed by atoms with Crippen LogP contribution in [0.3, 0.4) is 0 Å². The van der Waals surface area contributed by atoms with Gasteiger partial charge in [0.15, 0.2) is 23.7 Å². The number of amides is 2. The van der Waals surface area contributed by atoms with Gasteiger partial charge in [-0.05, 0) is 206 Å². The first-order chi connectivity index (χ1) is 70.8. The number of aromatic nitrogens is 1. The van der Waals surface area contributed by atoms with Gasteiger partial charge < -0.3 is 60.0 Å². The smallest absolute Gasteiger partial charge is 0.417 e. The van der Waals surface area contributed by atoms with Gasteiger partial charge in [0.1, 0.15) is 37.9 Å². The first kappa shape index (κ1) is 128. The lowest BCUT2D eigenvalue weighted by Crippen LogP contribution is -2.25. The number of oxazole rings is 1. The summed E-state index contributed by atoms with van der Waals surface area (Å²) in [5, 5.41) is 21.8. The molecular formula is C125H176N8O9S. The molecule has 13 aromatic rings. The fourth-order valence-corrected chi connectivity index (χ4v) is 15.2. The molecule has 9 heterocycles. The van der Waals surface area contributed by atoms with Crippen molar-refractivity contribution in [2.75, 3.05) is 102 Å². The van der Waals surface area contributed by atoms with Gasteiger partial charge in [0, 0.05) is 71.7 Å². The number of fused-ring (bicyclic) bond motifs is 12. The van der Waals surface area contributed by atoms with Crippen molar-refractivity contribution in [1.82, 2.24) is 4.98 Å². The quantitative estimate of drug-likeness (QED) is 0.0710. The average molecular weight is 1970 g/mol. The van der Waals surface area contributed by atoms with Crippen LogP contribution in [0.25, 0.3) is 23.3 Å². The standard InChI is InChI=1S/C10H12.C9H11N.C9H9N.C9H10.C9H8.2C8H7NO2.C8H9NO.C8H9NS.C8H9N.C8H8O2.C7H5NO2.12C2H6/c1-2-6-10-8-4-3-7-9(10)5-1;2*1-2-6-9-8(4-1)5-3-7-10-9;2*1-2-5-9-7-3-6-8(9)4-1;10-8-5-11-7-4-2-1-3-6(7)9-8;10-8-9-7-4-2-1-3-6(7)5-11-8;2*1-2-4-8-7(3-1)9-5-6-10-8;1-2-4-8-7(3-1)5-6-9-8;1-2-4-8-7(3-1)9-5-6-10-8;9-7-8-5-3-1-2-4-6(5)10-7;12*1-2/h1-2,5-6H,3-4,7-8H2;1-2,4,6,10H,3,5,7H2;1-6,10H,7H2;1-2,4-5H,3,6-7H2;1-6H,7H2;2*1-4H,5H2,(H,9,10);2*1-4,9H,5-6H2;1-4,9H,5-6H2;1-4H,5-6H2;1-4H,(H,8,9);12*1-2H3. The van der Waals surface area contributed by atoms with Crippen LogP contribution in [0, 0.1) is 0 Å². The molecule has 2 amide bonds. The SMILES string of the molecule is C1=Cc2ccccc2C1.C1=Cc2ccccc2NC1.CC.CC.CC.CC.CC.CC.CC.CC.CC.CC.CC.CC.O=C1COc2ccccc2N1.O=C1Nc2ccccc2CO1.O=c1[nH]c2ccccc2o1.c1ccc2c(c1)CCC2.c1ccc2c(c1)CCCC2.c1ccc2c(c1)CCCN2.c1ccc2c(c1)CCN2.c1ccc2c(c1)NCCO2.c1ccc2c(c1)NCCS2.c1ccc2c(c1)OCCO2. The number of hydrogen-bond acceptors (Lipinski definition) is 15. The number of aromatic amines is 1. The second-order valence-corrected chi connectivity index (χ2v) is 29.8. The van der Waals surface area contributed by atoms with Gasteiger partial charge in [-0.3, -0.25) is 15.1 Å². The van der Waals surface area contributed by atoms with Crippen LogP contribution in [0.5, 0.6) is 23.0 Å². The number of hydrogen-bond donors (Lipinski definition) is 8. The fourth-order valence-electron chi connectivity index (χ4n) is 14.3. The van der Waals surface area contributed by atoms with E-state index < -0.39 is 5.76 Å². The molecule has 0 atom stereocenters. The highest BCUT2D eigenvalue weighted by atomic mass is 32.2. The lowest BCUT2D eigenvalue weighted by Gasteiger charge is -2.17. The monoisotopic (exact) mass is 1970 g/mol. The molecule has 143 heavy (non-hydrogen) atoms. The number of benzene rings is 12. The number of para-hydroxylation sites is 13. The molecule has 12 aromatic carbocycles. The zero-order valence-corrected chi connectivity index (χ0v) is 92.0. The predicted octanol–water partition coefficient (Wildman–Crippen LogP) is 34.2. The third-order valence-corrected chi connectivity index (χ3v) is 21.4. The Labute approximate surface area is 866 Å². The number of thioether (sulfide) groups is 1. The molecule has 0 unspecified atom stereocenters. The van der Waals surface area contributed by atoms with E-state index in [1.807, 2.05) is 293 Å². The number of H-pyrrole nitrogens is 1. The van der Waals surface area contributed by atoms with Crippen molar-refractivity contribution in [3.05, 3.63) is 370 Å². The van der Waals surface area contributed by atoms with Crippen molar-refractivity contribution in [2.24, 2.45) is 0 Å². The number of aryl methyl sites for hydroxylation is 5. The Morgan fingerprint density at radius 1 is 0.266 bits per heavy atom. The average Bonchev–Trinajstić information content (AvgIpc) is 1.22. The van der Waals surface area contributed by atoms with Crippen LogP contribution in [0.2, 0.25) is 0 Å². The zero-order valence-electron chi connectivity index (χ0n) is 91.2. The molecule has 1 aromatic heterocycles. The van der Waals surface area contributed by atoms with E-state index in [4.69, 9.17) is 28.1 Å². The molecule has 24 rings (SSSR count). The van der Waals surface area contributed by atoms with Gasteiger partial charge in [0.05, 0.1) is 22.6 Å². The highest BCUT2D eigenvalue weighted by Gasteiger charge is 2.17. The van der Waals surface area contributed by atoms with E-state index in [1.54, 1.807) is 34.4 Å². The summed E-state index contributed by atoms with van der Waals surface area (Å²) < 4.78 is 30.6. The van der Waals surface area contributed by atoms with E-state index in [9.17, 15) is 14.4 Å². The van der Waals surface area contributed by atoms with Gasteiger partial charge in [-0.2, -0.15) is 0 Å². The largest absolute Gasteiger partial charge is 0.490 e. The summed E-state index contributed by atoms with van der Waals surface area (Å²) in [6, 6.07) is 97.6. The summed E-state index contributed by atoms with van der Waals surface area (Å²) >= 11 is 1.93. The lowest BCUT2D eigenvalue weighted by molar-refractivity contribution is -0.118. The predicted molar refractivity (Wildman–Crippen MR) is 624 cm³/mol. The molecule has 0 fully saturated rings. The highest BCUT2D eigenvalue weighted by molar-refractivity contribution is 7.99. The van der Waals surface area contributed by atoms with E-state index in [-0.39, 0.29) is 18.6 Å². The van der Waals surface area contributed by atoms with Gasteiger partial charge in [-0.25, -0.2) is 9.59 Å². The maximum atomic E-state index is 10.8. The third kappa shape index (κ3) is 49.3. The number of ether oxygens (including phenoxy) is 5. The molecular weight excluding hydrogens is 1790 g/mol. The van der Waals surface area contributed by atoms with Crippen LogP contribution in [0.1, 0.15) is 247 Å². The van der Waals surface area contributed by atoms with Gasteiger partial charge in [-0.1, -0.05) is 397 Å². The number of cyclic esters (lactones) is 1. The normalized spacial score (nSPS) is 12.6. The Bertz CT molecular complexity index is 4890. The summed E-state index contributed by atoms with van der Waals surface area (Å²) in [7, 11) is 0. The molecule has 776 valence electrons. The molecule has 11 aliphatic rings. The van der Waals surface area contributed by atoms with Crippen LogP contribution < -0.4 is 61.9 Å². The summed E-state index contributed by atoms with van der Waals surface area (Å²) in [5.41, 5.74) is 23.6. The minimum absolute atomic E-state index is 0.0938. The minimum Gasteiger partial charge on any atom is -0.490 e. The third-order valence-electron chi connectivity index (χ3n) is 20.3. The Kier molecular flexibility index (Phi) is 76.3. The molecule has 8 aliphatic heterocycles. The first-order valence-corrected chi connectivity index (χ1v) is 54.2. The molecule has 0 spiro atoms. The molecule has 3 aliphatic carbocycles. The van der Waals surface area contributed by atoms with Crippen LogP contribution in [-0.2, 0) is 61.1 Å². The molecule has 0 saturated heterocycles. The second kappa shape index (κ2) is 85.5. The van der Waals surface area contributed by atoms with E-state index in [0.29, 0.717) is 25.4 Å². The fraction of sp³-hybridized carbons (Fsp3) is 0.368. The van der Waals surface area contributed by atoms with Crippen molar-refractivity contribution in [3.8, 4) is 23.0 Å². The van der Waals surface area contributed by atoms with Gasteiger partial charge in [-0.15, -0.1) is 11.8 Å². The van der Waals surface area contributed by atoms with Crippen LogP contribution in [-0.4, -0.2) is 81.9 Å². The van der Waals surface area contributed by atoms with E-state index in [1.165, 1.54) is 125 Å². The van der Waals surface area contributed by atoms with Crippen molar-refractivity contribution in [2.45, 2.75) is 248 Å². The molecule has 18 heteroatoms. The second-order valence-electron chi connectivity index (χ2n) is 28.7.